The Bertz CT molecular complexity index is 535. The van der Waals surface area contributed by atoms with E-state index >= 15 is 0 Å². The van der Waals surface area contributed by atoms with Gasteiger partial charge in [0.1, 0.15) is 5.67 Å². The van der Waals surface area contributed by atoms with E-state index in [2.05, 4.69) is 0 Å². The van der Waals surface area contributed by atoms with Crippen LogP contribution in [0.4, 0.5) is 13.2 Å². The minimum atomic E-state index is -4.04. The highest BCUT2D eigenvalue weighted by atomic mass is 35.7. The van der Waals surface area contributed by atoms with Crippen LogP contribution in [0.15, 0.2) is 12.1 Å². The van der Waals surface area contributed by atoms with Crippen LogP contribution in [0.1, 0.15) is 25.0 Å². The topological polar surface area (TPSA) is 34.1 Å². The molecule has 0 atom stereocenters. The fourth-order valence-electron chi connectivity index (χ4n) is 1.28. The third-order valence-electron chi connectivity index (χ3n) is 2.12. The second kappa shape index (κ2) is 4.49. The Morgan fingerprint density at radius 3 is 2.24 bits per heavy atom. The van der Waals surface area contributed by atoms with E-state index in [0.29, 0.717) is 6.07 Å². The first-order chi connectivity index (χ1) is 7.50. The zero-order chi connectivity index (χ0) is 13.4. The first-order valence-electron chi connectivity index (χ1n) is 4.60. The molecule has 1 aromatic carbocycles. The van der Waals surface area contributed by atoms with Crippen molar-refractivity contribution in [2.75, 3.05) is 0 Å². The van der Waals surface area contributed by atoms with Crippen molar-refractivity contribution in [3.63, 3.8) is 0 Å². The van der Waals surface area contributed by atoms with E-state index in [1.807, 2.05) is 0 Å². The minimum Gasteiger partial charge on any atom is -0.239 e. The SMILES string of the molecule is CC(C)(F)c1cc(F)c(F)c(CS(=O)(=O)Cl)c1. The monoisotopic (exact) mass is 286 g/mol. The van der Waals surface area contributed by atoms with Gasteiger partial charge in [-0.15, -0.1) is 0 Å². The lowest BCUT2D eigenvalue weighted by Gasteiger charge is -2.16. The lowest BCUT2D eigenvalue weighted by molar-refractivity contribution is 0.220. The maximum atomic E-state index is 13.6. The molecule has 0 spiro atoms. The quantitative estimate of drug-likeness (QED) is 0.800. The molecule has 0 aliphatic carbocycles. The number of halogens is 4. The lowest BCUT2D eigenvalue weighted by Crippen LogP contribution is -2.12. The van der Waals surface area contributed by atoms with Gasteiger partial charge in [0.05, 0.1) is 5.75 Å². The highest BCUT2D eigenvalue weighted by molar-refractivity contribution is 8.13. The van der Waals surface area contributed by atoms with Gasteiger partial charge in [0.2, 0.25) is 9.05 Å². The molecular formula is C10H10ClF3O2S. The third-order valence-corrected chi connectivity index (χ3v) is 3.10. The zero-order valence-electron chi connectivity index (χ0n) is 9.10. The lowest BCUT2D eigenvalue weighted by atomic mass is 9.98. The molecule has 0 heterocycles. The highest BCUT2D eigenvalue weighted by Gasteiger charge is 2.24. The summed E-state index contributed by atoms with van der Waals surface area (Å²) in [6.07, 6.45) is 0. The second-order valence-electron chi connectivity index (χ2n) is 4.09. The molecule has 0 aliphatic heterocycles. The molecule has 1 aromatic rings. The van der Waals surface area contributed by atoms with Gasteiger partial charge in [0.25, 0.3) is 0 Å². The van der Waals surface area contributed by atoms with Crippen LogP contribution in [0, 0.1) is 11.6 Å². The third kappa shape index (κ3) is 3.89. The largest absolute Gasteiger partial charge is 0.239 e. The van der Waals surface area contributed by atoms with Gasteiger partial charge in [-0.3, -0.25) is 0 Å². The molecule has 0 unspecified atom stereocenters. The molecule has 0 amide bonds. The summed E-state index contributed by atoms with van der Waals surface area (Å²) in [6.45, 7) is 2.30. The average molecular weight is 287 g/mol. The van der Waals surface area contributed by atoms with Gasteiger partial charge in [-0.1, -0.05) is 0 Å². The molecule has 1 rings (SSSR count). The van der Waals surface area contributed by atoms with Crippen molar-refractivity contribution >= 4 is 19.7 Å². The van der Waals surface area contributed by atoms with E-state index in [4.69, 9.17) is 10.7 Å². The van der Waals surface area contributed by atoms with Crippen LogP contribution in [0.3, 0.4) is 0 Å². The van der Waals surface area contributed by atoms with Crippen molar-refractivity contribution in [1.82, 2.24) is 0 Å². The predicted molar refractivity (Wildman–Crippen MR) is 59.0 cm³/mol. The number of rotatable bonds is 3. The van der Waals surface area contributed by atoms with E-state index in [-0.39, 0.29) is 5.56 Å². The summed E-state index contributed by atoms with van der Waals surface area (Å²) in [5.41, 5.74) is -2.54. The van der Waals surface area contributed by atoms with E-state index in [0.717, 1.165) is 19.9 Å². The summed E-state index contributed by atoms with van der Waals surface area (Å²) < 4.78 is 61.6. The van der Waals surface area contributed by atoms with Crippen LogP contribution in [0.25, 0.3) is 0 Å². The number of hydrogen-bond acceptors (Lipinski definition) is 2. The number of hydrogen-bond donors (Lipinski definition) is 0. The number of benzene rings is 1. The molecular weight excluding hydrogens is 277 g/mol. The molecule has 0 saturated carbocycles. The van der Waals surface area contributed by atoms with Crippen molar-refractivity contribution in [3.8, 4) is 0 Å². The Kier molecular flexibility index (Phi) is 3.78. The van der Waals surface area contributed by atoms with Gasteiger partial charge >= 0.3 is 0 Å². The summed E-state index contributed by atoms with van der Waals surface area (Å²) in [4.78, 5) is 0. The molecule has 0 radical (unpaired) electrons. The Balaban J connectivity index is 3.36. The molecule has 96 valence electrons. The zero-order valence-corrected chi connectivity index (χ0v) is 10.7. The summed E-state index contributed by atoms with van der Waals surface area (Å²) in [5, 5.41) is 0. The summed E-state index contributed by atoms with van der Waals surface area (Å²) in [7, 11) is 0.912. The first-order valence-corrected chi connectivity index (χ1v) is 7.08. The molecule has 17 heavy (non-hydrogen) atoms. The molecule has 7 heteroatoms. The van der Waals surface area contributed by atoms with Crippen LogP contribution >= 0.6 is 10.7 Å². The van der Waals surface area contributed by atoms with Crippen LogP contribution < -0.4 is 0 Å². The molecule has 0 saturated heterocycles. The molecule has 2 nitrogen and oxygen atoms in total. The van der Waals surface area contributed by atoms with Crippen molar-refractivity contribution in [2.45, 2.75) is 25.3 Å². The van der Waals surface area contributed by atoms with Crippen molar-refractivity contribution in [3.05, 3.63) is 34.9 Å². The molecule has 0 aromatic heterocycles. The minimum absolute atomic E-state index is 0.147. The van der Waals surface area contributed by atoms with Crippen LogP contribution in [0.2, 0.25) is 0 Å². The van der Waals surface area contributed by atoms with Crippen molar-refractivity contribution in [2.24, 2.45) is 0 Å². The van der Waals surface area contributed by atoms with Crippen LogP contribution in [-0.4, -0.2) is 8.42 Å². The van der Waals surface area contributed by atoms with Gasteiger partial charge in [-0.2, -0.15) is 0 Å². The Hall–Kier alpha value is -0.750. The van der Waals surface area contributed by atoms with E-state index in [1.54, 1.807) is 0 Å². The van der Waals surface area contributed by atoms with E-state index in [9.17, 15) is 21.6 Å². The molecule has 0 bridgehead atoms. The fraction of sp³-hybridized carbons (Fsp3) is 0.400. The first kappa shape index (κ1) is 14.3. The standard InChI is InChI=1S/C10H10ClF3O2S/c1-10(2,14)7-3-6(5-17(11,15)16)9(13)8(12)4-7/h3-4H,5H2,1-2H3. The Morgan fingerprint density at radius 1 is 1.29 bits per heavy atom. The van der Waals surface area contributed by atoms with Gasteiger partial charge in [0.15, 0.2) is 11.6 Å². The van der Waals surface area contributed by atoms with E-state index in [1.165, 1.54) is 0 Å². The molecule has 0 fully saturated rings. The molecule has 0 aliphatic rings. The van der Waals surface area contributed by atoms with Gasteiger partial charge < -0.3 is 0 Å². The smallest absolute Gasteiger partial charge is 0.236 e. The Morgan fingerprint density at radius 2 is 1.82 bits per heavy atom. The second-order valence-corrected chi connectivity index (χ2v) is 6.86. The maximum Gasteiger partial charge on any atom is 0.236 e. The fourth-order valence-corrected chi connectivity index (χ4v) is 2.21. The predicted octanol–water partition coefficient (Wildman–Crippen LogP) is 3.24. The summed E-state index contributed by atoms with van der Waals surface area (Å²) >= 11 is 0. The van der Waals surface area contributed by atoms with Gasteiger partial charge in [-0.05, 0) is 31.5 Å². The van der Waals surface area contributed by atoms with Crippen molar-refractivity contribution in [1.29, 1.82) is 0 Å². The van der Waals surface area contributed by atoms with E-state index < -0.39 is 37.7 Å². The number of alkyl halides is 1. The van der Waals surface area contributed by atoms with Gasteiger partial charge in [-0.25, -0.2) is 21.6 Å². The highest BCUT2D eigenvalue weighted by Crippen LogP contribution is 2.28. The van der Waals surface area contributed by atoms with Crippen LogP contribution in [0.5, 0.6) is 0 Å². The average Bonchev–Trinajstić information content (AvgIpc) is 2.08. The van der Waals surface area contributed by atoms with Gasteiger partial charge in [0, 0.05) is 16.2 Å². The summed E-state index contributed by atoms with van der Waals surface area (Å²) in [6, 6.07) is 1.65. The molecule has 0 N–H and O–H groups in total. The maximum absolute atomic E-state index is 13.6. The Labute approximate surface area is 102 Å². The summed E-state index contributed by atoms with van der Waals surface area (Å²) in [5.74, 6) is -3.52. The normalized spacial score (nSPS) is 12.8. The van der Waals surface area contributed by atoms with Crippen LogP contribution in [-0.2, 0) is 20.5 Å². The van der Waals surface area contributed by atoms with Crippen molar-refractivity contribution < 1.29 is 21.6 Å².